The van der Waals surface area contributed by atoms with Crippen molar-refractivity contribution in [3.05, 3.63) is 107 Å². The summed E-state index contributed by atoms with van der Waals surface area (Å²) in [6.45, 7) is 2.08. The van der Waals surface area contributed by atoms with E-state index in [9.17, 15) is 0 Å². The summed E-state index contributed by atoms with van der Waals surface area (Å²) in [7, 11) is 0. The van der Waals surface area contributed by atoms with Crippen LogP contribution in [0.5, 0.6) is 0 Å². The molecule has 0 amide bonds. The van der Waals surface area contributed by atoms with E-state index in [1.807, 2.05) is 48.5 Å². The molecule has 1 aromatic heterocycles. The van der Waals surface area contributed by atoms with Crippen molar-refractivity contribution in [3.63, 3.8) is 0 Å². The first-order valence-electron chi connectivity index (χ1n) is 11.6. The molecule has 1 aliphatic carbocycles. The summed E-state index contributed by atoms with van der Waals surface area (Å²) in [6.07, 6.45) is 3.48. The van der Waals surface area contributed by atoms with Gasteiger partial charge < -0.3 is 9.84 Å². The van der Waals surface area contributed by atoms with Crippen molar-refractivity contribution in [2.75, 3.05) is 4.90 Å². The zero-order valence-electron chi connectivity index (χ0n) is 18.9. The largest absolute Gasteiger partial charge is 0.351 e. The van der Waals surface area contributed by atoms with Crippen LogP contribution in [0.4, 0.5) is 5.69 Å². The Morgan fingerprint density at radius 2 is 1.68 bits per heavy atom. The Morgan fingerprint density at radius 1 is 0.941 bits per heavy atom. The molecular weight excluding hydrogens is 440 g/mol. The van der Waals surface area contributed by atoms with Crippen LogP contribution in [0.3, 0.4) is 0 Å². The number of nitrogens with zero attached hydrogens (tertiary/aromatic N) is 3. The molecule has 6 rings (SSSR count). The van der Waals surface area contributed by atoms with Crippen LogP contribution >= 0.6 is 12.2 Å². The fourth-order valence-electron chi connectivity index (χ4n) is 4.96. The second-order valence-electron chi connectivity index (χ2n) is 8.72. The molecular formula is C28H24N4OS. The van der Waals surface area contributed by atoms with E-state index in [0.717, 1.165) is 40.9 Å². The average molecular weight is 465 g/mol. The third-order valence-corrected chi connectivity index (χ3v) is 6.95. The van der Waals surface area contributed by atoms with Gasteiger partial charge in [0.25, 0.3) is 5.89 Å². The van der Waals surface area contributed by atoms with Crippen LogP contribution in [-0.2, 0) is 12.8 Å². The van der Waals surface area contributed by atoms with Crippen LogP contribution in [0.25, 0.3) is 17.0 Å². The van der Waals surface area contributed by atoms with Crippen LogP contribution in [-0.4, -0.2) is 15.3 Å². The van der Waals surface area contributed by atoms with Crippen molar-refractivity contribution in [1.29, 1.82) is 0 Å². The molecule has 34 heavy (non-hydrogen) atoms. The lowest BCUT2D eigenvalue weighted by Gasteiger charge is -2.37. The van der Waals surface area contributed by atoms with Gasteiger partial charge in [-0.2, -0.15) is 4.98 Å². The molecule has 3 aromatic carbocycles. The molecule has 0 spiro atoms. The molecule has 2 heterocycles. The minimum absolute atomic E-state index is 0.191. The van der Waals surface area contributed by atoms with Crippen molar-refractivity contribution in [2.24, 2.45) is 0 Å². The molecule has 168 valence electrons. The molecule has 0 bridgehead atoms. The van der Waals surface area contributed by atoms with Gasteiger partial charge >= 0.3 is 0 Å². The second kappa shape index (κ2) is 8.54. The SMILES string of the molecule is CC1=C(c2nc(-c3ccccc3)no2)C(c2ccccc2)NC(=S)N1c1ccc2c(c1)CCC2. The number of nitrogens with one attached hydrogen (secondary N) is 1. The molecule has 5 nitrogen and oxygen atoms in total. The van der Waals surface area contributed by atoms with E-state index in [1.165, 1.54) is 17.5 Å². The number of fused-ring (bicyclic) bond motifs is 1. The number of anilines is 1. The third-order valence-electron chi connectivity index (χ3n) is 6.65. The van der Waals surface area contributed by atoms with Gasteiger partial charge in [-0.1, -0.05) is 71.9 Å². The first-order valence-corrected chi connectivity index (χ1v) is 12.0. The summed E-state index contributed by atoms with van der Waals surface area (Å²) in [5.41, 5.74) is 7.82. The first-order chi connectivity index (χ1) is 16.7. The molecule has 4 aromatic rings. The van der Waals surface area contributed by atoms with Crippen molar-refractivity contribution in [1.82, 2.24) is 15.5 Å². The van der Waals surface area contributed by atoms with Gasteiger partial charge in [0.2, 0.25) is 5.82 Å². The molecule has 0 saturated heterocycles. The van der Waals surface area contributed by atoms with E-state index >= 15 is 0 Å². The lowest BCUT2D eigenvalue weighted by molar-refractivity contribution is 0.404. The van der Waals surface area contributed by atoms with Crippen LogP contribution in [0.1, 0.15) is 42.0 Å². The summed E-state index contributed by atoms with van der Waals surface area (Å²) in [6, 6.07) is 26.6. The van der Waals surface area contributed by atoms with Crippen molar-refractivity contribution < 1.29 is 4.52 Å². The van der Waals surface area contributed by atoms with Crippen LogP contribution in [0.2, 0.25) is 0 Å². The molecule has 2 aliphatic rings. The number of thiocarbonyl (C=S) groups is 1. The summed E-state index contributed by atoms with van der Waals surface area (Å²) in [5, 5.41) is 8.50. The highest BCUT2D eigenvalue weighted by Crippen LogP contribution is 2.40. The molecule has 6 heteroatoms. The minimum Gasteiger partial charge on any atom is -0.351 e. The normalized spacial score (nSPS) is 17.6. The van der Waals surface area contributed by atoms with Gasteiger partial charge in [0.1, 0.15) is 0 Å². The number of allylic oxidation sites excluding steroid dienone is 1. The van der Waals surface area contributed by atoms with Gasteiger partial charge in [-0.05, 0) is 67.2 Å². The van der Waals surface area contributed by atoms with Gasteiger partial charge in [-0.3, -0.25) is 4.90 Å². The quantitative estimate of drug-likeness (QED) is 0.369. The number of hydrogen-bond donors (Lipinski definition) is 1. The molecule has 1 unspecified atom stereocenters. The topological polar surface area (TPSA) is 54.2 Å². The molecule has 1 atom stereocenters. The molecule has 1 N–H and O–H groups in total. The van der Waals surface area contributed by atoms with E-state index in [0.29, 0.717) is 16.8 Å². The third kappa shape index (κ3) is 3.60. The highest BCUT2D eigenvalue weighted by Gasteiger charge is 2.35. The van der Waals surface area contributed by atoms with Gasteiger partial charge in [0, 0.05) is 16.9 Å². The lowest BCUT2D eigenvalue weighted by atomic mass is 9.94. The predicted molar refractivity (Wildman–Crippen MR) is 138 cm³/mol. The molecule has 0 saturated carbocycles. The van der Waals surface area contributed by atoms with E-state index in [-0.39, 0.29) is 6.04 Å². The molecule has 0 fully saturated rings. The van der Waals surface area contributed by atoms with E-state index in [1.54, 1.807) is 0 Å². The Labute approximate surface area is 204 Å². The van der Waals surface area contributed by atoms with Gasteiger partial charge in [0.15, 0.2) is 5.11 Å². The fourth-order valence-corrected chi connectivity index (χ4v) is 5.32. The number of aromatic nitrogens is 2. The van der Waals surface area contributed by atoms with Crippen LogP contribution < -0.4 is 10.2 Å². The summed E-state index contributed by atoms with van der Waals surface area (Å²) < 4.78 is 5.85. The van der Waals surface area contributed by atoms with E-state index in [2.05, 4.69) is 52.6 Å². The van der Waals surface area contributed by atoms with E-state index in [4.69, 9.17) is 21.7 Å². The Hall–Kier alpha value is -3.77. The van der Waals surface area contributed by atoms with Gasteiger partial charge in [-0.25, -0.2) is 0 Å². The maximum atomic E-state index is 5.89. The predicted octanol–water partition coefficient (Wildman–Crippen LogP) is 6.09. The Balaban J connectivity index is 1.49. The maximum absolute atomic E-state index is 5.89. The zero-order chi connectivity index (χ0) is 23.1. The standard InChI is InChI=1S/C28H24N4OS/c1-18-24(27-30-26(31-33-27)21-11-6-3-7-12-21)25(20-9-4-2-5-10-20)29-28(34)32(18)23-16-15-19-13-8-14-22(19)17-23/h2-7,9-12,15-17,25H,8,13-14H2,1H3,(H,29,34). The van der Waals surface area contributed by atoms with E-state index < -0.39 is 0 Å². The summed E-state index contributed by atoms with van der Waals surface area (Å²) in [5.74, 6) is 1.06. The molecule has 1 aliphatic heterocycles. The number of hydrogen-bond acceptors (Lipinski definition) is 4. The first kappa shape index (κ1) is 20.8. The van der Waals surface area contributed by atoms with Gasteiger partial charge in [-0.15, -0.1) is 0 Å². The highest BCUT2D eigenvalue weighted by molar-refractivity contribution is 7.80. The fraction of sp³-hybridized carbons (Fsp3) is 0.179. The summed E-state index contributed by atoms with van der Waals surface area (Å²) in [4.78, 5) is 6.89. The number of rotatable bonds is 4. The lowest BCUT2D eigenvalue weighted by Crippen LogP contribution is -2.46. The maximum Gasteiger partial charge on any atom is 0.258 e. The monoisotopic (exact) mass is 464 g/mol. The van der Waals surface area contributed by atoms with Gasteiger partial charge in [0.05, 0.1) is 11.6 Å². The Kier molecular flexibility index (Phi) is 5.23. The second-order valence-corrected chi connectivity index (χ2v) is 9.11. The van der Waals surface area contributed by atoms with Crippen LogP contribution in [0, 0.1) is 0 Å². The Morgan fingerprint density at radius 3 is 2.47 bits per heavy atom. The minimum atomic E-state index is -0.191. The number of benzene rings is 3. The zero-order valence-corrected chi connectivity index (χ0v) is 19.7. The average Bonchev–Trinajstić information content (AvgIpc) is 3.54. The Bertz CT molecular complexity index is 1390. The van der Waals surface area contributed by atoms with Crippen LogP contribution in [0.15, 0.2) is 89.1 Å². The van der Waals surface area contributed by atoms with Crippen molar-refractivity contribution in [3.8, 4) is 11.4 Å². The number of aryl methyl sites for hydroxylation is 2. The smallest absolute Gasteiger partial charge is 0.258 e. The highest BCUT2D eigenvalue weighted by atomic mass is 32.1. The van der Waals surface area contributed by atoms with Crippen molar-refractivity contribution >= 4 is 28.6 Å². The van der Waals surface area contributed by atoms with Crippen molar-refractivity contribution in [2.45, 2.75) is 32.2 Å². The summed E-state index contributed by atoms with van der Waals surface area (Å²) >= 11 is 5.89. The molecule has 0 radical (unpaired) electrons.